The number of amides is 1. The second kappa shape index (κ2) is 5.45. The minimum absolute atomic E-state index is 0.405. The number of carbonyl (C=O) groups excluding carboxylic acids is 1. The van der Waals surface area contributed by atoms with E-state index in [0.717, 1.165) is 10.8 Å². The van der Waals surface area contributed by atoms with E-state index < -0.39 is 24.3 Å². The smallest absolute Gasteiger partial charge is 0.305 e. The Bertz CT molecular complexity index is 622. The van der Waals surface area contributed by atoms with E-state index in [1.165, 1.54) is 0 Å². The molecule has 0 saturated carbocycles. The second-order valence-corrected chi connectivity index (χ2v) is 4.10. The Balaban J connectivity index is 2.22. The first-order chi connectivity index (χ1) is 9.08. The Hall–Kier alpha value is -2.47. The molecule has 2 aromatic rings. The lowest BCUT2D eigenvalue weighted by Gasteiger charge is -2.12. The van der Waals surface area contributed by atoms with Gasteiger partial charge in [-0.05, 0) is 12.1 Å². The summed E-state index contributed by atoms with van der Waals surface area (Å²) < 4.78 is 0. The van der Waals surface area contributed by atoms with Crippen LogP contribution in [0.1, 0.15) is 6.42 Å². The molecule has 0 aliphatic rings. The highest BCUT2D eigenvalue weighted by molar-refractivity contribution is 6.04. The van der Waals surface area contributed by atoms with Gasteiger partial charge in [0.1, 0.15) is 0 Å². The summed E-state index contributed by atoms with van der Waals surface area (Å²) >= 11 is 0. The van der Waals surface area contributed by atoms with Gasteiger partial charge in [0.2, 0.25) is 5.91 Å². The number of aliphatic carboxylic acids is 1. The third-order valence-electron chi connectivity index (χ3n) is 2.67. The molecule has 2 rings (SSSR count). The number of nitrogens with zero attached hydrogens (tertiary/aromatic N) is 1. The largest absolute Gasteiger partial charge is 0.481 e. The number of rotatable bonds is 4. The molecule has 0 bridgehead atoms. The van der Waals surface area contributed by atoms with Crippen LogP contribution < -0.4 is 11.1 Å². The quantitative estimate of drug-likeness (QED) is 0.758. The van der Waals surface area contributed by atoms with Crippen molar-refractivity contribution in [1.82, 2.24) is 4.98 Å². The van der Waals surface area contributed by atoms with Crippen molar-refractivity contribution in [2.45, 2.75) is 12.5 Å². The molecule has 0 spiro atoms. The monoisotopic (exact) mass is 259 g/mol. The maximum atomic E-state index is 11.8. The first-order valence-electron chi connectivity index (χ1n) is 5.69. The number of hydrogen-bond donors (Lipinski definition) is 3. The van der Waals surface area contributed by atoms with Gasteiger partial charge in [0.25, 0.3) is 0 Å². The zero-order valence-corrected chi connectivity index (χ0v) is 10.0. The minimum atomic E-state index is -1.11. The van der Waals surface area contributed by atoms with Crippen LogP contribution in [0.3, 0.4) is 0 Å². The van der Waals surface area contributed by atoms with Crippen LogP contribution in [-0.4, -0.2) is 28.0 Å². The highest BCUT2D eigenvalue weighted by atomic mass is 16.4. The molecular weight excluding hydrogens is 246 g/mol. The summed E-state index contributed by atoms with van der Waals surface area (Å²) in [6.45, 7) is 0. The number of aromatic nitrogens is 1. The van der Waals surface area contributed by atoms with E-state index in [-0.39, 0.29) is 0 Å². The van der Waals surface area contributed by atoms with Crippen molar-refractivity contribution in [2.75, 3.05) is 5.32 Å². The average molecular weight is 259 g/mol. The number of anilines is 1. The van der Waals surface area contributed by atoms with Gasteiger partial charge in [-0.2, -0.15) is 0 Å². The number of benzene rings is 1. The number of carboxylic acids is 1. The lowest BCUT2D eigenvalue weighted by molar-refractivity contribution is -0.138. The van der Waals surface area contributed by atoms with Crippen LogP contribution in [0, 0.1) is 0 Å². The van der Waals surface area contributed by atoms with Crippen LogP contribution in [0.15, 0.2) is 36.7 Å². The molecule has 4 N–H and O–H groups in total. The van der Waals surface area contributed by atoms with Gasteiger partial charge < -0.3 is 16.2 Å². The first kappa shape index (κ1) is 13.0. The molecule has 0 saturated heterocycles. The molecule has 1 unspecified atom stereocenters. The van der Waals surface area contributed by atoms with Crippen LogP contribution in [-0.2, 0) is 9.59 Å². The fourth-order valence-electron chi connectivity index (χ4n) is 1.74. The third kappa shape index (κ3) is 3.05. The van der Waals surface area contributed by atoms with Gasteiger partial charge in [0.05, 0.1) is 12.5 Å². The number of nitrogens with one attached hydrogen (secondary N) is 1. The number of hydrogen-bond acceptors (Lipinski definition) is 4. The van der Waals surface area contributed by atoms with E-state index in [1.807, 2.05) is 6.07 Å². The Labute approximate surface area is 109 Å². The van der Waals surface area contributed by atoms with Crippen molar-refractivity contribution in [3.05, 3.63) is 36.7 Å². The number of carboxylic acid groups (broad SMARTS) is 1. The molecule has 0 radical (unpaired) electrons. The minimum Gasteiger partial charge on any atom is -0.481 e. The molecule has 19 heavy (non-hydrogen) atoms. The zero-order valence-electron chi connectivity index (χ0n) is 10.0. The van der Waals surface area contributed by atoms with Gasteiger partial charge in [-0.1, -0.05) is 12.1 Å². The van der Waals surface area contributed by atoms with Crippen molar-refractivity contribution < 1.29 is 14.7 Å². The van der Waals surface area contributed by atoms with E-state index in [9.17, 15) is 9.59 Å². The maximum absolute atomic E-state index is 11.8. The van der Waals surface area contributed by atoms with E-state index in [2.05, 4.69) is 10.3 Å². The number of carbonyl (C=O) groups is 2. The highest BCUT2D eigenvalue weighted by Crippen LogP contribution is 2.22. The summed E-state index contributed by atoms with van der Waals surface area (Å²) in [5.41, 5.74) is 6.09. The van der Waals surface area contributed by atoms with Gasteiger partial charge in [0, 0.05) is 28.9 Å². The van der Waals surface area contributed by atoms with Crippen molar-refractivity contribution in [3.63, 3.8) is 0 Å². The summed E-state index contributed by atoms with van der Waals surface area (Å²) in [5, 5.41) is 12.9. The molecule has 1 heterocycles. The summed E-state index contributed by atoms with van der Waals surface area (Å²) in [5.74, 6) is -1.63. The van der Waals surface area contributed by atoms with Crippen molar-refractivity contribution in [2.24, 2.45) is 5.73 Å². The predicted octanol–water partition coefficient (Wildman–Crippen LogP) is 0.975. The molecule has 1 amide bonds. The van der Waals surface area contributed by atoms with Crippen LogP contribution in [0.5, 0.6) is 0 Å². The van der Waals surface area contributed by atoms with Gasteiger partial charge in [-0.15, -0.1) is 0 Å². The summed E-state index contributed by atoms with van der Waals surface area (Å²) in [6.07, 6.45) is 2.90. The molecule has 0 fully saturated rings. The van der Waals surface area contributed by atoms with Crippen molar-refractivity contribution in [3.8, 4) is 0 Å². The van der Waals surface area contributed by atoms with E-state index in [0.29, 0.717) is 5.69 Å². The van der Waals surface area contributed by atoms with Crippen LogP contribution in [0.25, 0.3) is 10.8 Å². The van der Waals surface area contributed by atoms with Crippen molar-refractivity contribution in [1.29, 1.82) is 0 Å². The molecule has 6 heteroatoms. The fourth-order valence-corrected chi connectivity index (χ4v) is 1.74. The van der Waals surface area contributed by atoms with Gasteiger partial charge in [-0.3, -0.25) is 14.6 Å². The van der Waals surface area contributed by atoms with Gasteiger partial charge in [-0.25, -0.2) is 0 Å². The molecular formula is C13H13N3O3. The molecule has 0 aliphatic heterocycles. The fraction of sp³-hybridized carbons (Fsp3) is 0.154. The van der Waals surface area contributed by atoms with Crippen LogP contribution >= 0.6 is 0 Å². The maximum Gasteiger partial charge on any atom is 0.305 e. The second-order valence-electron chi connectivity index (χ2n) is 4.10. The molecule has 6 nitrogen and oxygen atoms in total. The van der Waals surface area contributed by atoms with E-state index in [4.69, 9.17) is 10.8 Å². The molecule has 1 atom stereocenters. The highest BCUT2D eigenvalue weighted by Gasteiger charge is 2.17. The standard InChI is InChI=1S/C13H13N3O3/c14-10(6-12(17)18)13(19)16-11-3-1-2-8-7-15-5-4-9(8)11/h1-5,7,10H,6,14H2,(H,16,19)(H,17,18). The third-order valence-corrected chi connectivity index (χ3v) is 2.67. The van der Waals surface area contributed by atoms with E-state index in [1.54, 1.807) is 30.6 Å². The first-order valence-corrected chi connectivity index (χ1v) is 5.69. The topological polar surface area (TPSA) is 105 Å². The Kier molecular flexibility index (Phi) is 3.72. The SMILES string of the molecule is NC(CC(=O)O)C(=O)Nc1cccc2cnccc12. The summed E-state index contributed by atoms with van der Waals surface area (Å²) in [6, 6.07) is 6.08. The van der Waals surface area contributed by atoms with E-state index >= 15 is 0 Å². The normalized spacial score (nSPS) is 12.1. The number of fused-ring (bicyclic) bond motifs is 1. The molecule has 1 aromatic carbocycles. The Morgan fingerprint density at radius 2 is 2.16 bits per heavy atom. The number of pyridine rings is 1. The summed E-state index contributed by atoms with van der Waals surface area (Å²) in [4.78, 5) is 26.3. The van der Waals surface area contributed by atoms with Crippen LogP contribution in [0.4, 0.5) is 5.69 Å². The zero-order chi connectivity index (χ0) is 13.8. The molecule has 98 valence electrons. The summed E-state index contributed by atoms with van der Waals surface area (Å²) in [7, 11) is 0. The van der Waals surface area contributed by atoms with Gasteiger partial charge >= 0.3 is 5.97 Å². The lowest BCUT2D eigenvalue weighted by atomic mass is 10.1. The molecule has 0 aliphatic carbocycles. The average Bonchev–Trinajstić information content (AvgIpc) is 2.38. The van der Waals surface area contributed by atoms with Crippen LogP contribution in [0.2, 0.25) is 0 Å². The van der Waals surface area contributed by atoms with Gasteiger partial charge in [0.15, 0.2) is 0 Å². The molecule has 1 aromatic heterocycles. The Morgan fingerprint density at radius 1 is 1.37 bits per heavy atom. The Morgan fingerprint density at radius 3 is 2.89 bits per heavy atom. The predicted molar refractivity (Wildman–Crippen MR) is 70.6 cm³/mol. The van der Waals surface area contributed by atoms with Crippen molar-refractivity contribution >= 4 is 28.3 Å². The lowest BCUT2D eigenvalue weighted by Crippen LogP contribution is -2.37. The number of nitrogens with two attached hydrogens (primary N) is 1.